The molecule has 1 heterocycles. The van der Waals surface area contributed by atoms with Crippen LogP contribution in [0.4, 0.5) is 0 Å². The highest BCUT2D eigenvalue weighted by atomic mass is 35.5. The Bertz CT molecular complexity index is 461. The smallest absolute Gasteiger partial charge is 0.226 e. The summed E-state index contributed by atoms with van der Waals surface area (Å²) in [5.41, 5.74) is 1.39. The van der Waals surface area contributed by atoms with Crippen molar-refractivity contribution in [3.63, 3.8) is 0 Å². The van der Waals surface area contributed by atoms with E-state index in [-0.39, 0.29) is 11.5 Å². The lowest BCUT2D eigenvalue weighted by Crippen LogP contribution is -2.31. The van der Waals surface area contributed by atoms with E-state index >= 15 is 0 Å². The summed E-state index contributed by atoms with van der Waals surface area (Å²) >= 11 is 5.93. The zero-order valence-electron chi connectivity index (χ0n) is 11.8. The third kappa shape index (κ3) is 3.91. The van der Waals surface area contributed by atoms with Gasteiger partial charge in [0.05, 0.1) is 6.61 Å². The third-order valence-electron chi connectivity index (χ3n) is 3.75. The second-order valence-electron chi connectivity index (χ2n) is 5.71. The van der Waals surface area contributed by atoms with Crippen molar-refractivity contribution in [1.82, 2.24) is 5.32 Å². The molecule has 1 aliphatic heterocycles. The van der Waals surface area contributed by atoms with E-state index < -0.39 is 6.35 Å². The van der Waals surface area contributed by atoms with Crippen molar-refractivity contribution < 1.29 is 4.74 Å². The van der Waals surface area contributed by atoms with Crippen LogP contribution in [0.15, 0.2) is 34.6 Å². The van der Waals surface area contributed by atoms with E-state index in [1.54, 1.807) is 0 Å². The van der Waals surface area contributed by atoms with Gasteiger partial charge in [-0.2, -0.15) is 0 Å². The summed E-state index contributed by atoms with van der Waals surface area (Å²) < 4.78 is 5.42. The van der Waals surface area contributed by atoms with Crippen LogP contribution in [0.3, 0.4) is 0 Å². The van der Waals surface area contributed by atoms with Crippen molar-refractivity contribution in [2.75, 3.05) is 6.61 Å². The Morgan fingerprint density at radius 1 is 1.40 bits per heavy atom. The normalized spacial score (nSPS) is 23.6. The maximum Gasteiger partial charge on any atom is 0.226 e. The Morgan fingerprint density at radius 3 is 2.75 bits per heavy atom. The molecule has 20 heavy (non-hydrogen) atoms. The summed E-state index contributed by atoms with van der Waals surface area (Å²) in [5.74, 6) is 5.01. The van der Waals surface area contributed by atoms with Crippen LogP contribution < -0.4 is 11.2 Å². The van der Waals surface area contributed by atoms with Crippen molar-refractivity contribution in [3.8, 4) is 0 Å². The largest absolute Gasteiger partial charge is 0.341 e. The minimum absolute atomic E-state index is 0.0970. The van der Waals surface area contributed by atoms with Gasteiger partial charge in [-0.25, -0.2) is 0 Å². The number of nitrogens with one attached hydrogen (secondary N) is 1. The number of hydrogen-bond donors (Lipinski definition) is 2. The molecule has 1 saturated heterocycles. The fraction of sp³-hybridized carbons (Fsp3) is 0.571. The highest BCUT2D eigenvalue weighted by Gasteiger charge is 2.27. The molecule has 0 aliphatic carbocycles. The van der Waals surface area contributed by atoms with Gasteiger partial charge in [0.2, 0.25) is 6.35 Å². The van der Waals surface area contributed by atoms with E-state index in [1.165, 1.54) is 5.56 Å². The molecule has 1 aromatic rings. The first-order chi connectivity index (χ1) is 9.51. The Morgan fingerprint density at radius 2 is 2.10 bits per heavy atom. The monoisotopic (exact) mass is 296 g/mol. The first-order valence-electron chi connectivity index (χ1n) is 6.75. The molecule has 6 heteroatoms. The number of hydrogen-bond acceptors (Lipinski definition) is 4. The van der Waals surface area contributed by atoms with Crippen LogP contribution in [0, 0.1) is 0 Å². The van der Waals surface area contributed by atoms with Gasteiger partial charge in [0.15, 0.2) is 0 Å². The number of rotatable bonds is 5. The molecule has 2 rings (SSSR count). The molecule has 0 amide bonds. The summed E-state index contributed by atoms with van der Waals surface area (Å²) in [5, 5.41) is 11.0. The highest BCUT2D eigenvalue weighted by molar-refractivity contribution is 6.30. The van der Waals surface area contributed by atoms with Crippen molar-refractivity contribution in [2.24, 2.45) is 16.2 Å². The van der Waals surface area contributed by atoms with Crippen molar-refractivity contribution >= 4 is 11.6 Å². The maximum absolute atomic E-state index is 5.93. The first kappa shape index (κ1) is 15.2. The molecule has 0 aromatic heterocycles. The second-order valence-corrected chi connectivity index (χ2v) is 6.15. The van der Waals surface area contributed by atoms with Crippen molar-refractivity contribution in [2.45, 2.75) is 44.5 Å². The molecule has 110 valence electrons. The van der Waals surface area contributed by atoms with Gasteiger partial charge in [-0.3, -0.25) is 5.32 Å². The average molecular weight is 297 g/mol. The van der Waals surface area contributed by atoms with Crippen LogP contribution in [0.1, 0.15) is 32.3 Å². The predicted molar refractivity (Wildman–Crippen MR) is 79.4 cm³/mol. The molecule has 1 unspecified atom stereocenters. The second kappa shape index (κ2) is 6.52. The van der Waals surface area contributed by atoms with Crippen molar-refractivity contribution in [1.29, 1.82) is 0 Å². The Balaban J connectivity index is 1.88. The van der Waals surface area contributed by atoms with Gasteiger partial charge in [0, 0.05) is 11.1 Å². The lowest BCUT2D eigenvalue weighted by Gasteiger charge is -2.26. The van der Waals surface area contributed by atoms with Crippen molar-refractivity contribution in [3.05, 3.63) is 34.9 Å². The maximum atomic E-state index is 5.93. The van der Waals surface area contributed by atoms with E-state index in [2.05, 4.69) is 41.6 Å². The summed E-state index contributed by atoms with van der Waals surface area (Å²) in [6, 6.07) is 8.34. The number of halogens is 1. The van der Waals surface area contributed by atoms with Crippen LogP contribution in [0.5, 0.6) is 0 Å². The van der Waals surface area contributed by atoms with E-state index in [0.717, 1.165) is 17.9 Å². The van der Waals surface area contributed by atoms with Gasteiger partial charge in [0.25, 0.3) is 0 Å². The van der Waals surface area contributed by atoms with Gasteiger partial charge in [-0.1, -0.05) is 42.8 Å². The summed E-state index contributed by atoms with van der Waals surface area (Å²) in [7, 11) is 0. The van der Waals surface area contributed by atoms with Gasteiger partial charge in [-0.15, -0.1) is 5.11 Å². The van der Waals surface area contributed by atoms with E-state index in [0.29, 0.717) is 6.61 Å². The number of nitrogens with zero attached hydrogens (tertiary/aromatic N) is 2. The van der Waals surface area contributed by atoms with Gasteiger partial charge in [-0.05, 0) is 36.0 Å². The molecule has 2 atom stereocenters. The molecule has 3 N–H and O–H groups in total. The van der Waals surface area contributed by atoms with E-state index in [9.17, 15) is 0 Å². The predicted octanol–water partition coefficient (Wildman–Crippen LogP) is 3.00. The molecule has 1 aromatic carbocycles. The third-order valence-corrected chi connectivity index (χ3v) is 4.00. The minimum atomic E-state index is -0.399. The molecular formula is C14H21ClN4O. The topological polar surface area (TPSA) is 72.0 Å². The molecule has 1 fully saturated rings. The van der Waals surface area contributed by atoms with E-state index in [1.807, 2.05) is 12.1 Å². The number of ether oxygens (including phenoxy) is 1. The lowest BCUT2D eigenvalue weighted by molar-refractivity contribution is 0.101. The molecular weight excluding hydrogens is 276 g/mol. The Kier molecular flexibility index (Phi) is 4.96. The number of nitrogens with two attached hydrogens (primary N) is 1. The van der Waals surface area contributed by atoms with Crippen LogP contribution in [0.2, 0.25) is 5.02 Å². The molecule has 0 bridgehead atoms. The molecule has 5 nitrogen and oxygen atoms in total. The Hall–Kier alpha value is -1.17. The molecule has 0 radical (unpaired) electrons. The average Bonchev–Trinajstić information content (AvgIpc) is 2.85. The van der Waals surface area contributed by atoms with Crippen LogP contribution in [-0.4, -0.2) is 19.0 Å². The zero-order chi connectivity index (χ0) is 14.6. The summed E-state index contributed by atoms with van der Waals surface area (Å²) in [4.78, 5) is 0. The van der Waals surface area contributed by atoms with Gasteiger partial charge >= 0.3 is 0 Å². The summed E-state index contributed by atoms with van der Waals surface area (Å²) in [6.07, 6.45) is 1.65. The zero-order valence-corrected chi connectivity index (χ0v) is 12.6. The molecule has 1 aliphatic rings. The standard InChI is InChI=1S/C14H21ClN4O/c1-14(2,10-3-5-11(15)6-4-10)8-7-12-9-20-13(17-12)18-19-16/h3-6,12-13,17H,7-9H2,1-2H3,(H2,16,18)/t12-,13?/m0/s1. The fourth-order valence-electron chi connectivity index (χ4n) is 2.38. The highest BCUT2D eigenvalue weighted by Crippen LogP contribution is 2.30. The van der Waals surface area contributed by atoms with Crippen LogP contribution in [-0.2, 0) is 10.2 Å². The quantitative estimate of drug-likeness (QED) is 0.498. The first-order valence-corrected chi connectivity index (χ1v) is 7.13. The fourth-order valence-corrected chi connectivity index (χ4v) is 2.51. The van der Waals surface area contributed by atoms with Crippen LogP contribution in [0.25, 0.3) is 0 Å². The van der Waals surface area contributed by atoms with E-state index in [4.69, 9.17) is 22.2 Å². The van der Waals surface area contributed by atoms with Gasteiger partial charge in [0.1, 0.15) is 0 Å². The van der Waals surface area contributed by atoms with Gasteiger partial charge < -0.3 is 10.6 Å². The minimum Gasteiger partial charge on any atom is -0.341 e. The molecule has 0 saturated carbocycles. The number of benzene rings is 1. The van der Waals surface area contributed by atoms with Crippen LogP contribution >= 0.6 is 11.6 Å². The lowest BCUT2D eigenvalue weighted by atomic mass is 9.80. The SMILES string of the molecule is CC(C)(CC[C@H]1COC(N=NN)N1)c1ccc(Cl)cc1. The summed E-state index contributed by atoms with van der Waals surface area (Å²) in [6.45, 7) is 5.12. The Labute approximate surface area is 124 Å². The molecule has 0 spiro atoms.